The third kappa shape index (κ3) is 2.38. The van der Waals surface area contributed by atoms with Crippen molar-refractivity contribution in [2.75, 3.05) is 18.1 Å². The summed E-state index contributed by atoms with van der Waals surface area (Å²) in [5, 5.41) is 6.35. The van der Waals surface area contributed by atoms with Crippen molar-refractivity contribution >= 4 is 38.2 Å². The monoisotopic (exact) mass is 255 g/mol. The zero-order chi connectivity index (χ0) is 11.5. The summed E-state index contributed by atoms with van der Waals surface area (Å²) in [4.78, 5) is 9.34. The number of rotatable bonds is 4. The van der Waals surface area contributed by atoms with E-state index in [-0.39, 0.29) is 5.25 Å². The SMILES string of the molecule is CC(CNc1ncnc2sccc12)S(C)=O. The molecule has 2 atom stereocenters. The lowest BCUT2D eigenvalue weighted by molar-refractivity contribution is 0.679. The van der Waals surface area contributed by atoms with Gasteiger partial charge in [-0.3, -0.25) is 4.21 Å². The van der Waals surface area contributed by atoms with Gasteiger partial charge in [-0.25, -0.2) is 9.97 Å². The van der Waals surface area contributed by atoms with Crippen LogP contribution in [0.1, 0.15) is 6.92 Å². The standard InChI is InChI=1S/C10H13N3OS2/c1-7(16(2)14)5-11-9-8-3-4-15-10(8)13-6-12-9/h3-4,6-7H,5H2,1-2H3,(H,11,12,13). The maximum atomic E-state index is 11.2. The van der Waals surface area contributed by atoms with E-state index < -0.39 is 10.8 Å². The second-order valence-corrected chi connectivity index (χ2v) is 6.25. The van der Waals surface area contributed by atoms with Crippen molar-refractivity contribution in [1.82, 2.24) is 9.97 Å². The van der Waals surface area contributed by atoms with Crippen LogP contribution in [0.5, 0.6) is 0 Å². The molecular weight excluding hydrogens is 242 g/mol. The maximum Gasteiger partial charge on any atom is 0.138 e. The second-order valence-electron chi connectivity index (χ2n) is 3.55. The Morgan fingerprint density at radius 1 is 1.56 bits per heavy atom. The fraction of sp³-hybridized carbons (Fsp3) is 0.400. The summed E-state index contributed by atoms with van der Waals surface area (Å²) in [6, 6.07) is 2.00. The van der Waals surface area contributed by atoms with Crippen LogP contribution in [0.15, 0.2) is 17.8 Å². The molecule has 0 aliphatic rings. The van der Waals surface area contributed by atoms with Gasteiger partial charge < -0.3 is 5.32 Å². The van der Waals surface area contributed by atoms with Gasteiger partial charge in [0.15, 0.2) is 0 Å². The molecule has 4 nitrogen and oxygen atoms in total. The summed E-state index contributed by atoms with van der Waals surface area (Å²) in [7, 11) is -0.811. The van der Waals surface area contributed by atoms with Gasteiger partial charge in [0.2, 0.25) is 0 Å². The van der Waals surface area contributed by atoms with Crippen LogP contribution in [-0.4, -0.2) is 32.2 Å². The molecule has 2 aromatic rings. The molecule has 0 saturated carbocycles. The molecule has 0 saturated heterocycles. The Labute approximate surface area is 101 Å². The van der Waals surface area contributed by atoms with E-state index in [4.69, 9.17) is 0 Å². The molecule has 86 valence electrons. The summed E-state index contributed by atoms with van der Waals surface area (Å²) in [6.45, 7) is 2.61. The summed E-state index contributed by atoms with van der Waals surface area (Å²) in [5.41, 5.74) is 0. The van der Waals surface area contributed by atoms with Crippen molar-refractivity contribution in [3.8, 4) is 0 Å². The lowest BCUT2D eigenvalue weighted by Gasteiger charge is -2.10. The van der Waals surface area contributed by atoms with Crippen molar-refractivity contribution in [3.05, 3.63) is 17.8 Å². The third-order valence-electron chi connectivity index (χ3n) is 2.39. The molecule has 0 bridgehead atoms. The number of nitrogens with zero attached hydrogens (tertiary/aromatic N) is 2. The predicted octanol–water partition coefficient (Wildman–Crippen LogP) is 1.87. The van der Waals surface area contributed by atoms with Gasteiger partial charge in [-0.05, 0) is 18.4 Å². The van der Waals surface area contributed by atoms with Gasteiger partial charge in [-0.15, -0.1) is 11.3 Å². The Bertz CT molecular complexity index is 511. The zero-order valence-corrected chi connectivity index (χ0v) is 10.8. The Hall–Kier alpha value is -1.01. The smallest absolute Gasteiger partial charge is 0.138 e. The molecule has 0 radical (unpaired) electrons. The summed E-state index contributed by atoms with van der Waals surface area (Å²) < 4.78 is 11.2. The minimum atomic E-state index is -0.811. The predicted molar refractivity (Wildman–Crippen MR) is 69.4 cm³/mol. The first kappa shape index (κ1) is 11.5. The summed E-state index contributed by atoms with van der Waals surface area (Å²) in [5.74, 6) is 0.823. The normalized spacial score (nSPS) is 14.9. The maximum absolute atomic E-state index is 11.2. The van der Waals surface area contributed by atoms with Crippen LogP contribution in [0.2, 0.25) is 0 Å². The molecule has 1 N–H and O–H groups in total. The number of anilines is 1. The molecule has 0 amide bonds. The highest BCUT2D eigenvalue weighted by Crippen LogP contribution is 2.23. The minimum absolute atomic E-state index is 0.114. The van der Waals surface area contributed by atoms with E-state index in [0.29, 0.717) is 6.54 Å². The molecule has 0 fully saturated rings. The van der Waals surface area contributed by atoms with Crippen molar-refractivity contribution in [1.29, 1.82) is 0 Å². The van der Waals surface area contributed by atoms with Crippen LogP contribution in [-0.2, 0) is 10.8 Å². The van der Waals surface area contributed by atoms with Crippen molar-refractivity contribution in [3.63, 3.8) is 0 Å². The van der Waals surface area contributed by atoms with Crippen LogP contribution in [0.3, 0.4) is 0 Å². The van der Waals surface area contributed by atoms with E-state index in [1.54, 1.807) is 23.9 Å². The molecular formula is C10H13N3OS2. The average molecular weight is 255 g/mol. The topological polar surface area (TPSA) is 54.9 Å². The molecule has 6 heteroatoms. The van der Waals surface area contributed by atoms with Gasteiger partial charge in [0, 0.05) is 28.9 Å². The molecule has 16 heavy (non-hydrogen) atoms. The van der Waals surface area contributed by atoms with Crippen LogP contribution in [0.4, 0.5) is 5.82 Å². The van der Waals surface area contributed by atoms with Gasteiger partial charge >= 0.3 is 0 Å². The molecule has 0 aliphatic heterocycles. The summed E-state index contributed by atoms with van der Waals surface area (Å²) >= 11 is 1.59. The zero-order valence-electron chi connectivity index (χ0n) is 9.14. The average Bonchev–Trinajstić information content (AvgIpc) is 2.73. The van der Waals surface area contributed by atoms with E-state index in [0.717, 1.165) is 16.0 Å². The van der Waals surface area contributed by atoms with E-state index in [1.165, 1.54) is 0 Å². The second kappa shape index (κ2) is 4.88. The number of fused-ring (bicyclic) bond motifs is 1. The van der Waals surface area contributed by atoms with E-state index in [2.05, 4.69) is 15.3 Å². The van der Waals surface area contributed by atoms with Gasteiger partial charge in [-0.2, -0.15) is 0 Å². The van der Waals surface area contributed by atoms with Crippen molar-refractivity contribution in [2.45, 2.75) is 12.2 Å². The Morgan fingerprint density at radius 2 is 2.38 bits per heavy atom. The highest BCUT2D eigenvalue weighted by molar-refractivity contribution is 7.84. The highest BCUT2D eigenvalue weighted by Gasteiger charge is 2.08. The molecule has 0 aromatic carbocycles. The first-order valence-corrected chi connectivity index (χ1v) is 7.43. The lowest BCUT2D eigenvalue weighted by Crippen LogP contribution is -2.21. The number of hydrogen-bond donors (Lipinski definition) is 1. The number of hydrogen-bond acceptors (Lipinski definition) is 5. The fourth-order valence-electron chi connectivity index (χ4n) is 1.29. The lowest BCUT2D eigenvalue weighted by atomic mass is 10.3. The Morgan fingerprint density at radius 3 is 3.12 bits per heavy atom. The van der Waals surface area contributed by atoms with Crippen LogP contribution in [0.25, 0.3) is 10.2 Å². The first-order chi connectivity index (χ1) is 7.68. The number of nitrogens with one attached hydrogen (secondary N) is 1. The Kier molecular flexibility index (Phi) is 3.50. The van der Waals surface area contributed by atoms with Gasteiger partial charge in [0.05, 0.1) is 5.39 Å². The van der Waals surface area contributed by atoms with Crippen LogP contribution < -0.4 is 5.32 Å². The van der Waals surface area contributed by atoms with Crippen molar-refractivity contribution < 1.29 is 4.21 Å². The molecule has 2 heterocycles. The fourth-order valence-corrected chi connectivity index (χ4v) is 2.34. The molecule has 0 spiro atoms. The quantitative estimate of drug-likeness (QED) is 0.906. The summed E-state index contributed by atoms with van der Waals surface area (Å²) in [6.07, 6.45) is 3.27. The van der Waals surface area contributed by atoms with Crippen molar-refractivity contribution in [2.24, 2.45) is 0 Å². The highest BCUT2D eigenvalue weighted by atomic mass is 32.2. The van der Waals surface area contributed by atoms with Gasteiger partial charge in [0.1, 0.15) is 17.0 Å². The molecule has 2 aromatic heterocycles. The first-order valence-electron chi connectivity index (χ1n) is 4.93. The van der Waals surface area contributed by atoms with E-state index in [9.17, 15) is 4.21 Å². The molecule has 2 rings (SSSR count). The molecule has 0 aliphatic carbocycles. The van der Waals surface area contributed by atoms with Crippen LogP contribution in [0, 0.1) is 0 Å². The van der Waals surface area contributed by atoms with Gasteiger partial charge in [0.25, 0.3) is 0 Å². The van der Waals surface area contributed by atoms with E-state index >= 15 is 0 Å². The van der Waals surface area contributed by atoms with E-state index in [1.807, 2.05) is 18.4 Å². The number of aromatic nitrogens is 2. The Balaban J connectivity index is 2.15. The number of thiophene rings is 1. The largest absolute Gasteiger partial charge is 0.368 e. The molecule has 2 unspecified atom stereocenters. The van der Waals surface area contributed by atoms with Crippen LogP contribution >= 0.6 is 11.3 Å². The minimum Gasteiger partial charge on any atom is -0.368 e. The third-order valence-corrected chi connectivity index (χ3v) is 4.51. The van der Waals surface area contributed by atoms with Gasteiger partial charge in [-0.1, -0.05) is 0 Å².